The van der Waals surface area contributed by atoms with Gasteiger partial charge in [-0.05, 0) is 49.9 Å². The van der Waals surface area contributed by atoms with E-state index in [1.54, 1.807) is 6.26 Å². The fraction of sp³-hybridized carbons (Fsp3) is 0.500. The average molecular weight is 302 g/mol. The van der Waals surface area contributed by atoms with Crippen LogP contribution in [0.25, 0.3) is 11.0 Å². The normalized spacial score (nSPS) is 12.1. The molecule has 0 saturated heterocycles. The summed E-state index contributed by atoms with van der Waals surface area (Å²) in [5.74, 6) is 0.409. The number of furan rings is 1. The predicted molar refractivity (Wildman–Crippen MR) is 90.0 cm³/mol. The lowest BCUT2D eigenvalue weighted by Gasteiger charge is -2.18. The summed E-state index contributed by atoms with van der Waals surface area (Å²) in [6.45, 7) is 10.7. The molecule has 0 spiro atoms. The maximum Gasteiger partial charge on any atom is 0.224 e. The minimum absolute atomic E-state index is 0.0344. The van der Waals surface area contributed by atoms with Gasteiger partial charge in [0.25, 0.3) is 0 Å². The third-order valence-electron chi connectivity index (χ3n) is 3.76. The van der Waals surface area contributed by atoms with E-state index in [0.29, 0.717) is 18.9 Å². The van der Waals surface area contributed by atoms with Crippen molar-refractivity contribution in [3.63, 3.8) is 0 Å². The highest BCUT2D eigenvalue weighted by Gasteiger charge is 2.16. The number of aryl methyl sites for hydroxylation is 1. The van der Waals surface area contributed by atoms with Crippen LogP contribution in [-0.4, -0.2) is 18.0 Å². The second-order valence-electron chi connectivity index (χ2n) is 7.06. The molecule has 0 aliphatic heterocycles. The van der Waals surface area contributed by atoms with Gasteiger partial charge in [-0.15, -0.1) is 0 Å². The smallest absolute Gasteiger partial charge is 0.224 e. The molecule has 0 bridgehead atoms. The molecule has 120 valence electrons. The first-order chi connectivity index (χ1) is 10.2. The third-order valence-corrected chi connectivity index (χ3v) is 3.76. The van der Waals surface area contributed by atoms with Gasteiger partial charge in [0.2, 0.25) is 5.91 Å². The summed E-state index contributed by atoms with van der Waals surface area (Å²) in [7, 11) is 0. The maximum atomic E-state index is 12.1. The predicted octanol–water partition coefficient (Wildman–Crippen LogP) is 3.26. The van der Waals surface area contributed by atoms with Crippen molar-refractivity contribution >= 4 is 16.9 Å². The number of carbonyl (C=O) groups is 1. The summed E-state index contributed by atoms with van der Waals surface area (Å²) in [4.78, 5) is 12.1. The molecular formula is C18H26N2O2. The number of rotatable bonds is 5. The molecule has 3 N–H and O–H groups in total. The molecule has 1 aromatic carbocycles. The van der Waals surface area contributed by atoms with Crippen LogP contribution in [0.4, 0.5) is 0 Å². The van der Waals surface area contributed by atoms with Gasteiger partial charge in [0.05, 0.1) is 12.7 Å². The Labute approximate surface area is 132 Å². The first kappa shape index (κ1) is 16.6. The van der Waals surface area contributed by atoms with Crippen LogP contribution in [0.15, 0.2) is 22.8 Å². The Morgan fingerprint density at radius 3 is 2.64 bits per heavy atom. The fourth-order valence-electron chi connectivity index (χ4n) is 2.57. The molecule has 22 heavy (non-hydrogen) atoms. The zero-order valence-corrected chi connectivity index (χ0v) is 14.1. The lowest BCUT2D eigenvalue weighted by molar-refractivity contribution is -0.120. The molecule has 0 saturated carbocycles. The lowest BCUT2D eigenvalue weighted by atomic mass is 9.95. The zero-order valence-electron chi connectivity index (χ0n) is 14.1. The van der Waals surface area contributed by atoms with Crippen molar-refractivity contribution < 1.29 is 9.21 Å². The highest BCUT2D eigenvalue weighted by atomic mass is 16.3. The van der Waals surface area contributed by atoms with Crippen molar-refractivity contribution in [3.8, 4) is 0 Å². The molecule has 2 aromatic rings. The molecule has 1 heterocycles. The Morgan fingerprint density at radius 1 is 1.36 bits per heavy atom. The molecule has 1 amide bonds. The zero-order chi connectivity index (χ0) is 16.5. The van der Waals surface area contributed by atoms with Crippen LogP contribution in [0.3, 0.4) is 0 Å². The summed E-state index contributed by atoms with van der Waals surface area (Å²) in [5, 5.41) is 3.89. The maximum absolute atomic E-state index is 12.1. The Hall–Kier alpha value is -1.81. The quantitative estimate of drug-likeness (QED) is 0.890. The van der Waals surface area contributed by atoms with Gasteiger partial charge in [-0.25, -0.2) is 0 Å². The van der Waals surface area contributed by atoms with E-state index < -0.39 is 5.54 Å². The van der Waals surface area contributed by atoms with Crippen molar-refractivity contribution in [3.05, 3.63) is 35.1 Å². The van der Waals surface area contributed by atoms with Crippen LogP contribution >= 0.6 is 0 Å². The molecule has 0 aliphatic carbocycles. The van der Waals surface area contributed by atoms with Gasteiger partial charge in [-0.2, -0.15) is 0 Å². The standard InChI is InChI=1S/C18H26N2O2/c1-11(2)14-8-15-13(9-22-16(15)6-12(14)3)7-17(21)20-10-18(4,5)19/h6,8-9,11H,7,10,19H2,1-5H3,(H,20,21). The van der Waals surface area contributed by atoms with Gasteiger partial charge in [0, 0.05) is 23.0 Å². The Morgan fingerprint density at radius 2 is 2.05 bits per heavy atom. The lowest BCUT2D eigenvalue weighted by Crippen LogP contribution is -2.45. The van der Waals surface area contributed by atoms with Crippen LogP contribution < -0.4 is 11.1 Å². The molecule has 4 nitrogen and oxygen atoms in total. The molecule has 0 aliphatic rings. The molecule has 0 radical (unpaired) electrons. The number of carbonyl (C=O) groups excluding carboxylic acids is 1. The summed E-state index contributed by atoms with van der Waals surface area (Å²) in [5.41, 5.74) is 9.75. The van der Waals surface area contributed by atoms with Crippen molar-refractivity contribution in [2.75, 3.05) is 6.54 Å². The SMILES string of the molecule is Cc1cc2occ(CC(=O)NCC(C)(C)N)c2cc1C(C)C. The van der Waals surface area contributed by atoms with Crippen molar-refractivity contribution in [1.29, 1.82) is 0 Å². The highest BCUT2D eigenvalue weighted by Crippen LogP contribution is 2.29. The highest BCUT2D eigenvalue weighted by molar-refractivity contribution is 5.88. The number of fused-ring (bicyclic) bond motifs is 1. The van der Waals surface area contributed by atoms with E-state index in [1.165, 1.54) is 11.1 Å². The van der Waals surface area contributed by atoms with Crippen LogP contribution in [0.5, 0.6) is 0 Å². The monoisotopic (exact) mass is 302 g/mol. The van der Waals surface area contributed by atoms with Gasteiger partial charge in [0.1, 0.15) is 5.58 Å². The van der Waals surface area contributed by atoms with Gasteiger partial charge >= 0.3 is 0 Å². The number of hydrogen-bond donors (Lipinski definition) is 2. The van der Waals surface area contributed by atoms with Crippen molar-refractivity contribution in [2.24, 2.45) is 5.73 Å². The van der Waals surface area contributed by atoms with E-state index in [1.807, 2.05) is 13.8 Å². The van der Waals surface area contributed by atoms with E-state index >= 15 is 0 Å². The summed E-state index contributed by atoms with van der Waals surface area (Å²) in [6, 6.07) is 4.20. The number of hydrogen-bond acceptors (Lipinski definition) is 3. The van der Waals surface area contributed by atoms with E-state index in [9.17, 15) is 4.79 Å². The number of benzene rings is 1. The summed E-state index contributed by atoms with van der Waals surface area (Å²) in [6.07, 6.45) is 1.99. The minimum atomic E-state index is -0.407. The second kappa shape index (κ2) is 6.13. The second-order valence-corrected chi connectivity index (χ2v) is 7.06. The molecular weight excluding hydrogens is 276 g/mol. The van der Waals surface area contributed by atoms with Crippen molar-refractivity contribution in [1.82, 2.24) is 5.32 Å². The summed E-state index contributed by atoms with van der Waals surface area (Å²) < 4.78 is 5.61. The largest absolute Gasteiger partial charge is 0.464 e. The van der Waals surface area contributed by atoms with Crippen molar-refractivity contribution in [2.45, 2.75) is 52.5 Å². The molecule has 0 unspecified atom stereocenters. The van der Waals surface area contributed by atoms with Gasteiger partial charge in [-0.1, -0.05) is 13.8 Å². The first-order valence-corrected chi connectivity index (χ1v) is 7.73. The van der Waals surface area contributed by atoms with E-state index in [4.69, 9.17) is 10.2 Å². The topological polar surface area (TPSA) is 68.3 Å². The third kappa shape index (κ3) is 3.89. The molecule has 2 rings (SSSR count). The van der Waals surface area contributed by atoms with Gasteiger partial charge in [0.15, 0.2) is 0 Å². The van der Waals surface area contributed by atoms with Crippen LogP contribution in [0.2, 0.25) is 0 Å². The van der Waals surface area contributed by atoms with Gasteiger partial charge in [-0.3, -0.25) is 4.79 Å². The Bertz CT molecular complexity index is 678. The number of nitrogens with one attached hydrogen (secondary N) is 1. The fourth-order valence-corrected chi connectivity index (χ4v) is 2.57. The molecule has 4 heteroatoms. The van der Waals surface area contributed by atoms with Gasteiger partial charge < -0.3 is 15.5 Å². The Balaban J connectivity index is 2.21. The number of nitrogens with two attached hydrogens (primary N) is 1. The van der Waals surface area contributed by atoms with Crippen LogP contribution in [0, 0.1) is 6.92 Å². The Kier molecular flexibility index (Phi) is 4.61. The minimum Gasteiger partial charge on any atom is -0.464 e. The van der Waals surface area contributed by atoms with E-state index in [-0.39, 0.29) is 5.91 Å². The number of amides is 1. The van der Waals surface area contributed by atoms with E-state index in [2.05, 4.69) is 38.2 Å². The van der Waals surface area contributed by atoms with Crippen LogP contribution in [-0.2, 0) is 11.2 Å². The van der Waals surface area contributed by atoms with E-state index in [0.717, 1.165) is 16.5 Å². The molecule has 0 atom stereocenters. The summed E-state index contributed by atoms with van der Waals surface area (Å²) >= 11 is 0. The first-order valence-electron chi connectivity index (χ1n) is 7.73. The molecule has 0 fully saturated rings. The molecule has 1 aromatic heterocycles. The van der Waals surface area contributed by atoms with Crippen LogP contribution in [0.1, 0.15) is 50.3 Å². The average Bonchev–Trinajstić information content (AvgIpc) is 2.76.